The number of carbonyl (C=O) groups excluding carboxylic acids is 1. The Morgan fingerprint density at radius 1 is 1.05 bits per heavy atom. The van der Waals surface area contributed by atoms with E-state index >= 15 is 0 Å². The van der Waals surface area contributed by atoms with Crippen molar-refractivity contribution in [1.29, 1.82) is 0 Å². The number of benzene rings is 2. The smallest absolute Gasteiger partial charge is 0.202 e. The zero-order chi connectivity index (χ0) is 15.4. The van der Waals surface area contributed by atoms with Crippen LogP contribution in [0.1, 0.15) is 35.7 Å². The van der Waals surface area contributed by atoms with Gasteiger partial charge in [0, 0.05) is 17.0 Å². The first kappa shape index (κ1) is 14.9. The van der Waals surface area contributed by atoms with Crippen molar-refractivity contribution in [3.63, 3.8) is 0 Å². The fourth-order valence-electron chi connectivity index (χ4n) is 2.49. The predicted octanol–water partition coefficient (Wildman–Crippen LogP) is 4.73. The second kappa shape index (κ2) is 6.84. The number of ketones is 1. The minimum atomic E-state index is 0.128. The van der Waals surface area contributed by atoms with Crippen LogP contribution in [0.15, 0.2) is 64.4 Å². The number of rotatable bonds is 5. The summed E-state index contributed by atoms with van der Waals surface area (Å²) >= 11 is 1.57. The van der Waals surface area contributed by atoms with Gasteiger partial charge >= 0.3 is 0 Å². The fraction of sp³-hybridized carbons (Fsp3) is 0.211. The highest BCUT2D eigenvalue weighted by Gasteiger charge is 2.28. The summed E-state index contributed by atoms with van der Waals surface area (Å²) in [6, 6.07) is 17.9. The number of thioether (sulfide) groups is 1. The van der Waals surface area contributed by atoms with Gasteiger partial charge in [0.05, 0.1) is 10.6 Å². The highest BCUT2D eigenvalue weighted by Crippen LogP contribution is 2.42. The monoisotopic (exact) mass is 309 g/mol. The van der Waals surface area contributed by atoms with Gasteiger partial charge in [-0.2, -0.15) is 0 Å². The number of hydrogen-bond donors (Lipinski definition) is 1. The van der Waals surface area contributed by atoms with Crippen LogP contribution in [0.3, 0.4) is 0 Å². The normalized spacial score (nSPS) is 15.6. The summed E-state index contributed by atoms with van der Waals surface area (Å²) in [6.07, 6.45) is 2.22. The molecular formula is C19H19NOS. The second-order valence-corrected chi connectivity index (χ2v) is 6.33. The van der Waals surface area contributed by atoms with Crippen molar-refractivity contribution >= 4 is 23.2 Å². The van der Waals surface area contributed by atoms with E-state index in [1.165, 1.54) is 0 Å². The van der Waals surface area contributed by atoms with Crippen molar-refractivity contribution in [2.24, 2.45) is 0 Å². The molecule has 2 aromatic rings. The molecule has 0 aliphatic carbocycles. The van der Waals surface area contributed by atoms with Crippen molar-refractivity contribution in [2.45, 2.75) is 24.7 Å². The molecule has 1 N–H and O–H groups in total. The van der Waals surface area contributed by atoms with Gasteiger partial charge in [0.15, 0.2) is 0 Å². The summed E-state index contributed by atoms with van der Waals surface area (Å²) < 4.78 is 0. The molecule has 22 heavy (non-hydrogen) atoms. The van der Waals surface area contributed by atoms with Crippen LogP contribution < -0.4 is 5.32 Å². The van der Waals surface area contributed by atoms with E-state index < -0.39 is 0 Å². The van der Waals surface area contributed by atoms with Gasteiger partial charge in [-0.15, -0.1) is 0 Å². The first-order valence-corrected chi connectivity index (χ1v) is 8.48. The van der Waals surface area contributed by atoms with Gasteiger partial charge in [-0.1, -0.05) is 67.6 Å². The maximum absolute atomic E-state index is 12.7. The lowest BCUT2D eigenvalue weighted by atomic mass is 10.1. The van der Waals surface area contributed by atoms with Gasteiger partial charge in [-0.05, 0) is 24.1 Å². The number of hydrogen-bond acceptors (Lipinski definition) is 3. The molecule has 1 heterocycles. The van der Waals surface area contributed by atoms with Gasteiger partial charge in [-0.3, -0.25) is 4.79 Å². The lowest BCUT2D eigenvalue weighted by molar-refractivity contribution is 0.104. The number of unbranched alkanes of at least 4 members (excludes halogenated alkanes) is 1. The molecule has 0 amide bonds. The lowest BCUT2D eigenvalue weighted by Crippen LogP contribution is -2.16. The molecule has 3 rings (SSSR count). The summed E-state index contributed by atoms with van der Waals surface area (Å²) in [5, 5.41) is 3.48. The highest BCUT2D eigenvalue weighted by molar-refractivity contribution is 8.05. The van der Waals surface area contributed by atoms with Crippen LogP contribution in [0.5, 0.6) is 0 Å². The summed E-state index contributed by atoms with van der Waals surface area (Å²) in [6.45, 7) is 3.05. The Bertz CT molecular complexity index is 706. The van der Waals surface area contributed by atoms with Crippen LogP contribution in [0, 0.1) is 0 Å². The molecule has 1 aliphatic heterocycles. The molecule has 0 fully saturated rings. The van der Waals surface area contributed by atoms with Crippen molar-refractivity contribution in [3.05, 3.63) is 70.6 Å². The van der Waals surface area contributed by atoms with Gasteiger partial charge in [0.1, 0.15) is 0 Å². The first-order chi connectivity index (χ1) is 10.8. The summed E-state index contributed by atoms with van der Waals surface area (Å²) in [5.41, 5.74) is 2.84. The standard InChI is InChI=1S/C19H19NOS/c1-2-3-13-20-17(14-9-5-4-6-10-14)19-18(21)15-11-7-8-12-16(15)22-19/h4-12,20H,2-3,13H2,1H3/b19-17+. The molecule has 1 aliphatic rings. The van der Waals surface area contributed by atoms with Gasteiger partial charge in [0.25, 0.3) is 0 Å². The number of carbonyl (C=O) groups is 1. The number of allylic oxidation sites excluding steroid dienone is 1. The average Bonchev–Trinajstić information content (AvgIpc) is 2.90. The third kappa shape index (κ3) is 2.95. The molecule has 0 unspecified atom stereocenters. The lowest BCUT2D eigenvalue weighted by Gasteiger charge is -2.13. The topological polar surface area (TPSA) is 29.1 Å². The number of Topliss-reactive ketones (excluding diaryl/α,β-unsaturated/α-hetero) is 1. The van der Waals surface area contributed by atoms with E-state index in [4.69, 9.17) is 0 Å². The molecule has 0 aromatic heterocycles. The molecule has 0 atom stereocenters. The van der Waals surface area contributed by atoms with Crippen molar-refractivity contribution in [2.75, 3.05) is 6.54 Å². The van der Waals surface area contributed by atoms with E-state index in [1.54, 1.807) is 11.8 Å². The largest absolute Gasteiger partial charge is 0.384 e. The predicted molar refractivity (Wildman–Crippen MR) is 92.9 cm³/mol. The van der Waals surface area contributed by atoms with Crippen LogP contribution in [0.25, 0.3) is 5.70 Å². The molecule has 2 nitrogen and oxygen atoms in total. The maximum atomic E-state index is 12.7. The Morgan fingerprint density at radius 3 is 2.50 bits per heavy atom. The third-order valence-corrected chi connectivity index (χ3v) is 4.84. The minimum absolute atomic E-state index is 0.128. The van der Waals surface area contributed by atoms with Crippen LogP contribution in [0.4, 0.5) is 0 Å². The first-order valence-electron chi connectivity index (χ1n) is 7.66. The molecule has 0 spiro atoms. The molecular weight excluding hydrogens is 290 g/mol. The Labute approximate surface area is 135 Å². The SMILES string of the molecule is CCCCN/C(=C1/Sc2ccccc2C1=O)c1ccccc1. The van der Waals surface area contributed by atoms with Crippen LogP contribution in [-0.2, 0) is 0 Å². The Balaban J connectivity index is 2.00. The zero-order valence-corrected chi connectivity index (χ0v) is 13.5. The van der Waals surface area contributed by atoms with Gasteiger partial charge in [0.2, 0.25) is 5.78 Å². The van der Waals surface area contributed by atoms with Crippen LogP contribution in [0.2, 0.25) is 0 Å². The third-order valence-electron chi connectivity index (χ3n) is 3.67. The quantitative estimate of drug-likeness (QED) is 0.639. The molecule has 0 bridgehead atoms. The molecule has 0 radical (unpaired) electrons. The molecule has 2 aromatic carbocycles. The maximum Gasteiger partial charge on any atom is 0.202 e. The molecule has 3 heteroatoms. The van der Waals surface area contributed by atoms with E-state index in [0.29, 0.717) is 0 Å². The van der Waals surface area contributed by atoms with Gasteiger partial charge < -0.3 is 5.32 Å². The van der Waals surface area contributed by atoms with E-state index in [2.05, 4.69) is 24.4 Å². The van der Waals surface area contributed by atoms with Crippen LogP contribution >= 0.6 is 11.8 Å². The highest BCUT2D eigenvalue weighted by atomic mass is 32.2. The number of fused-ring (bicyclic) bond motifs is 1. The average molecular weight is 309 g/mol. The summed E-state index contributed by atoms with van der Waals surface area (Å²) in [7, 11) is 0. The Kier molecular flexibility index (Phi) is 4.64. The summed E-state index contributed by atoms with van der Waals surface area (Å²) in [4.78, 5) is 14.6. The number of nitrogens with one attached hydrogen (secondary N) is 1. The van der Waals surface area contributed by atoms with Crippen LogP contribution in [-0.4, -0.2) is 12.3 Å². The van der Waals surface area contributed by atoms with E-state index in [9.17, 15) is 4.79 Å². The van der Waals surface area contributed by atoms with E-state index in [1.807, 2.05) is 42.5 Å². The molecule has 0 saturated carbocycles. The van der Waals surface area contributed by atoms with E-state index in [0.717, 1.165) is 46.0 Å². The van der Waals surface area contributed by atoms with Crippen molar-refractivity contribution in [1.82, 2.24) is 5.32 Å². The minimum Gasteiger partial charge on any atom is -0.384 e. The Morgan fingerprint density at radius 2 is 1.77 bits per heavy atom. The second-order valence-electron chi connectivity index (χ2n) is 5.28. The molecule has 112 valence electrons. The van der Waals surface area contributed by atoms with Gasteiger partial charge in [-0.25, -0.2) is 0 Å². The molecule has 0 saturated heterocycles. The van der Waals surface area contributed by atoms with Crippen molar-refractivity contribution < 1.29 is 4.79 Å². The Hall–Kier alpha value is -2.00. The summed E-state index contributed by atoms with van der Waals surface area (Å²) in [5.74, 6) is 0.128. The fourth-order valence-corrected chi connectivity index (χ4v) is 3.63. The van der Waals surface area contributed by atoms with Crippen molar-refractivity contribution in [3.8, 4) is 0 Å². The zero-order valence-electron chi connectivity index (χ0n) is 12.6. The van der Waals surface area contributed by atoms with E-state index in [-0.39, 0.29) is 5.78 Å².